The van der Waals surface area contributed by atoms with Crippen molar-refractivity contribution in [2.45, 2.75) is 6.42 Å². The molecule has 0 fully saturated rings. The average Bonchev–Trinajstić information content (AvgIpc) is 2.93. The molecule has 0 saturated carbocycles. The average molecular weight is 275 g/mol. The van der Waals surface area contributed by atoms with Gasteiger partial charge in [0.25, 0.3) is 0 Å². The molecule has 1 N–H and O–H groups in total. The summed E-state index contributed by atoms with van der Waals surface area (Å²) < 4.78 is 13.2. The minimum absolute atomic E-state index is 0.535. The lowest BCUT2D eigenvalue weighted by Crippen LogP contribution is -1.94. The van der Waals surface area contributed by atoms with E-state index in [0.717, 1.165) is 17.5 Å². The van der Waals surface area contributed by atoms with Crippen molar-refractivity contribution in [3.05, 3.63) is 77.9 Å². The van der Waals surface area contributed by atoms with E-state index in [-0.39, 0.29) is 0 Å². The second kappa shape index (κ2) is 4.74. The van der Waals surface area contributed by atoms with E-state index in [1.165, 1.54) is 22.3 Å². The van der Waals surface area contributed by atoms with Gasteiger partial charge in [-0.25, -0.2) is 5.54 Å². The highest BCUT2D eigenvalue weighted by atomic mass is 19.2. The van der Waals surface area contributed by atoms with Gasteiger partial charge in [0.05, 0.1) is 5.69 Å². The van der Waals surface area contributed by atoms with Crippen LogP contribution in [-0.2, 0) is 6.42 Å². The van der Waals surface area contributed by atoms with Crippen LogP contribution in [0.1, 0.15) is 11.1 Å². The fourth-order valence-corrected chi connectivity index (χ4v) is 3.22. The quantitative estimate of drug-likeness (QED) is 0.494. The van der Waals surface area contributed by atoms with Crippen molar-refractivity contribution in [3.63, 3.8) is 0 Å². The van der Waals surface area contributed by atoms with Crippen molar-refractivity contribution in [2.24, 2.45) is 0 Å². The minimum Gasteiger partial charge on any atom is -0.224 e. The van der Waals surface area contributed by atoms with E-state index in [4.69, 9.17) is 0 Å². The molecule has 0 aromatic heterocycles. The van der Waals surface area contributed by atoms with E-state index in [9.17, 15) is 4.48 Å². The maximum atomic E-state index is 13.2. The third-order valence-electron chi connectivity index (χ3n) is 4.15. The second-order valence-corrected chi connectivity index (χ2v) is 5.31. The number of benzene rings is 3. The molecule has 0 spiro atoms. The van der Waals surface area contributed by atoms with Crippen LogP contribution < -0.4 is 5.54 Å². The first kappa shape index (κ1) is 12.2. The normalized spacial score (nSPS) is 11.9. The molecule has 2 heteroatoms. The molecule has 0 radical (unpaired) electrons. The Bertz CT molecular complexity index is 809. The van der Waals surface area contributed by atoms with Gasteiger partial charge in [0.2, 0.25) is 0 Å². The summed E-state index contributed by atoms with van der Waals surface area (Å²) in [6.07, 6.45) is 0.852. The standard InChI is InChI=1S/C19H14FN/c20-21-18-11-10-16-15-9-5-4-8-14(15)12-17(16)19(18)13-6-2-1-3-7-13/h1-11,21H,12H2. The van der Waals surface area contributed by atoms with Crippen LogP contribution in [0.2, 0.25) is 0 Å². The zero-order chi connectivity index (χ0) is 14.2. The van der Waals surface area contributed by atoms with Crippen LogP contribution in [-0.4, -0.2) is 0 Å². The molecule has 0 saturated heterocycles. The maximum Gasteiger partial charge on any atom is 0.0737 e. The van der Waals surface area contributed by atoms with Crippen molar-refractivity contribution >= 4 is 5.69 Å². The molecule has 1 aliphatic rings. The lowest BCUT2D eigenvalue weighted by atomic mass is 9.94. The fraction of sp³-hybridized carbons (Fsp3) is 0.0526. The molecule has 0 aliphatic heterocycles. The molecule has 102 valence electrons. The highest BCUT2D eigenvalue weighted by Crippen LogP contribution is 2.44. The topological polar surface area (TPSA) is 12.0 Å². The summed E-state index contributed by atoms with van der Waals surface area (Å²) in [6, 6.07) is 22.2. The van der Waals surface area contributed by atoms with Gasteiger partial charge in [-0.05, 0) is 40.3 Å². The molecule has 1 nitrogen and oxygen atoms in total. The molecular formula is C19H14FN. The van der Waals surface area contributed by atoms with Gasteiger partial charge in [0.1, 0.15) is 0 Å². The lowest BCUT2D eigenvalue weighted by molar-refractivity contribution is 0.618. The third-order valence-corrected chi connectivity index (χ3v) is 4.15. The Kier molecular flexibility index (Phi) is 2.74. The Balaban J connectivity index is 2.00. The van der Waals surface area contributed by atoms with E-state index in [0.29, 0.717) is 5.69 Å². The summed E-state index contributed by atoms with van der Waals surface area (Å²) in [5.74, 6) is 0. The summed E-state index contributed by atoms with van der Waals surface area (Å²) in [5, 5.41) is 0. The molecule has 0 amide bonds. The Morgan fingerprint density at radius 2 is 1.52 bits per heavy atom. The van der Waals surface area contributed by atoms with Crippen LogP contribution in [0.4, 0.5) is 10.2 Å². The summed E-state index contributed by atoms with van der Waals surface area (Å²) in [7, 11) is 0. The Morgan fingerprint density at radius 3 is 2.33 bits per heavy atom. The number of hydrogen-bond acceptors (Lipinski definition) is 1. The monoisotopic (exact) mass is 275 g/mol. The predicted molar refractivity (Wildman–Crippen MR) is 84.9 cm³/mol. The lowest BCUT2D eigenvalue weighted by Gasteiger charge is -2.13. The predicted octanol–water partition coefficient (Wildman–Crippen LogP) is 5.22. The molecule has 3 aromatic rings. The molecule has 0 unspecified atom stereocenters. The van der Waals surface area contributed by atoms with Gasteiger partial charge < -0.3 is 0 Å². The van der Waals surface area contributed by atoms with Gasteiger partial charge >= 0.3 is 0 Å². The molecule has 3 aromatic carbocycles. The largest absolute Gasteiger partial charge is 0.224 e. The van der Waals surface area contributed by atoms with Crippen molar-refractivity contribution in [2.75, 3.05) is 5.54 Å². The van der Waals surface area contributed by atoms with Crippen molar-refractivity contribution < 1.29 is 4.48 Å². The number of fused-ring (bicyclic) bond motifs is 3. The van der Waals surface area contributed by atoms with Gasteiger partial charge in [-0.1, -0.05) is 60.7 Å². The fourth-order valence-electron chi connectivity index (χ4n) is 3.22. The summed E-state index contributed by atoms with van der Waals surface area (Å²) in [6.45, 7) is 0. The van der Waals surface area contributed by atoms with Gasteiger partial charge in [-0.2, -0.15) is 0 Å². The van der Waals surface area contributed by atoms with E-state index in [1.807, 2.05) is 48.0 Å². The van der Waals surface area contributed by atoms with Crippen LogP contribution in [0.25, 0.3) is 22.3 Å². The first-order chi connectivity index (χ1) is 10.4. The molecule has 0 heterocycles. The number of rotatable bonds is 2. The van der Waals surface area contributed by atoms with Crippen molar-refractivity contribution in [1.82, 2.24) is 0 Å². The van der Waals surface area contributed by atoms with Crippen LogP contribution in [0.15, 0.2) is 66.7 Å². The minimum atomic E-state index is 0.535. The SMILES string of the molecule is FNc1ccc2c(c1-c1ccccc1)Cc1ccccc1-2. The van der Waals surface area contributed by atoms with Crippen LogP contribution in [0.5, 0.6) is 0 Å². The smallest absolute Gasteiger partial charge is 0.0737 e. The van der Waals surface area contributed by atoms with E-state index in [1.54, 1.807) is 0 Å². The summed E-state index contributed by atoms with van der Waals surface area (Å²) in [4.78, 5) is 0. The van der Waals surface area contributed by atoms with Gasteiger partial charge in [0.15, 0.2) is 0 Å². The van der Waals surface area contributed by atoms with E-state index in [2.05, 4.69) is 24.3 Å². The van der Waals surface area contributed by atoms with Gasteiger partial charge in [0, 0.05) is 5.56 Å². The highest BCUT2D eigenvalue weighted by Gasteiger charge is 2.23. The molecule has 21 heavy (non-hydrogen) atoms. The number of hydrogen-bond donors (Lipinski definition) is 1. The zero-order valence-corrected chi connectivity index (χ0v) is 11.4. The molecule has 4 rings (SSSR count). The third kappa shape index (κ3) is 1.83. The van der Waals surface area contributed by atoms with Crippen LogP contribution in [0.3, 0.4) is 0 Å². The summed E-state index contributed by atoms with van der Waals surface area (Å²) >= 11 is 0. The molecule has 1 aliphatic carbocycles. The number of halogens is 1. The highest BCUT2D eigenvalue weighted by molar-refractivity contribution is 5.91. The van der Waals surface area contributed by atoms with Crippen LogP contribution >= 0.6 is 0 Å². The van der Waals surface area contributed by atoms with E-state index < -0.39 is 0 Å². The Hall–Kier alpha value is -2.61. The Morgan fingerprint density at radius 1 is 0.762 bits per heavy atom. The first-order valence-corrected chi connectivity index (χ1v) is 7.04. The first-order valence-electron chi connectivity index (χ1n) is 7.04. The maximum absolute atomic E-state index is 13.2. The number of anilines is 1. The second-order valence-electron chi connectivity index (χ2n) is 5.31. The number of nitrogens with one attached hydrogen (secondary N) is 1. The molecular weight excluding hydrogens is 261 g/mol. The zero-order valence-electron chi connectivity index (χ0n) is 11.4. The molecule has 0 atom stereocenters. The van der Waals surface area contributed by atoms with Gasteiger partial charge in [-0.15, -0.1) is 4.48 Å². The van der Waals surface area contributed by atoms with Crippen molar-refractivity contribution in [3.8, 4) is 22.3 Å². The van der Waals surface area contributed by atoms with E-state index >= 15 is 0 Å². The van der Waals surface area contributed by atoms with Gasteiger partial charge in [-0.3, -0.25) is 0 Å². The molecule has 0 bridgehead atoms. The van der Waals surface area contributed by atoms with Crippen LogP contribution in [0, 0.1) is 0 Å². The Labute approximate surface area is 123 Å². The summed E-state index contributed by atoms with van der Waals surface area (Å²) in [5.41, 5.74) is 9.37. The van der Waals surface area contributed by atoms with Crippen molar-refractivity contribution in [1.29, 1.82) is 0 Å².